The topological polar surface area (TPSA) is 0 Å². The molecular weight excluding hydrogens is 456 g/mol. The van der Waals surface area contributed by atoms with Gasteiger partial charge in [0.2, 0.25) is 0 Å². The van der Waals surface area contributed by atoms with Crippen molar-refractivity contribution in [3.05, 3.63) is 59.2 Å². The summed E-state index contributed by atoms with van der Waals surface area (Å²) >= 11 is 0. The SMILES string of the molecule is CCCCCC(CC)CCc1c2ccccc2c(CCC(C)CCC(C)CC)c2ccc(C(C)(C)C)cc12. The molecule has 3 rings (SSSR count). The van der Waals surface area contributed by atoms with Crippen LogP contribution in [0.15, 0.2) is 42.5 Å². The minimum absolute atomic E-state index is 0.161. The summed E-state index contributed by atoms with van der Waals surface area (Å²) in [5.74, 6) is 2.47. The second kappa shape index (κ2) is 14.5. The quantitative estimate of drug-likeness (QED) is 0.140. The lowest BCUT2D eigenvalue weighted by Gasteiger charge is -2.24. The van der Waals surface area contributed by atoms with E-state index < -0.39 is 0 Å². The molecule has 0 amide bonds. The summed E-state index contributed by atoms with van der Waals surface area (Å²) in [4.78, 5) is 0. The first-order chi connectivity index (χ1) is 18.2. The van der Waals surface area contributed by atoms with Crippen molar-refractivity contribution >= 4 is 21.5 Å². The smallest absolute Gasteiger partial charge is 0.0132 e. The summed E-state index contributed by atoms with van der Waals surface area (Å²) in [5.41, 5.74) is 4.81. The fourth-order valence-corrected chi connectivity index (χ4v) is 6.25. The zero-order valence-corrected chi connectivity index (χ0v) is 26.3. The van der Waals surface area contributed by atoms with Gasteiger partial charge in [0, 0.05) is 0 Å². The van der Waals surface area contributed by atoms with Crippen LogP contribution in [0.25, 0.3) is 21.5 Å². The Morgan fingerprint density at radius 1 is 0.605 bits per heavy atom. The highest BCUT2D eigenvalue weighted by Crippen LogP contribution is 2.38. The number of aryl methyl sites for hydroxylation is 2. The molecule has 210 valence electrons. The van der Waals surface area contributed by atoms with Gasteiger partial charge in [0.15, 0.2) is 0 Å². The summed E-state index contributed by atoms with van der Waals surface area (Å²) in [6.45, 7) is 19.0. The van der Waals surface area contributed by atoms with E-state index in [9.17, 15) is 0 Å². The lowest BCUT2D eigenvalue weighted by atomic mass is 9.81. The average molecular weight is 515 g/mol. The molecule has 0 spiro atoms. The van der Waals surface area contributed by atoms with E-state index in [1.807, 2.05) is 0 Å². The van der Waals surface area contributed by atoms with Crippen molar-refractivity contribution in [2.45, 2.75) is 138 Å². The summed E-state index contributed by atoms with van der Waals surface area (Å²) in [7, 11) is 0. The monoisotopic (exact) mass is 514 g/mol. The number of fused-ring (bicyclic) bond motifs is 2. The Kier molecular flexibility index (Phi) is 11.7. The molecule has 0 nitrogen and oxygen atoms in total. The van der Waals surface area contributed by atoms with E-state index in [2.05, 4.69) is 97.9 Å². The number of benzene rings is 3. The predicted octanol–water partition coefficient (Wildman–Crippen LogP) is 12.2. The van der Waals surface area contributed by atoms with Crippen LogP contribution in [0.4, 0.5) is 0 Å². The van der Waals surface area contributed by atoms with Gasteiger partial charge in [-0.1, -0.05) is 149 Å². The Bertz CT molecular complexity index is 1130. The number of unbranched alkanes of at least 4 members (excludes halogenated alkanes) is 2. The van der Waals surface area contributed by atoms with Crippen molar-refractivity contribution in [2.24, 2.45) is 17.8 Å². The molecule has 0 aromatic heterocycles. The molecule has 0 heteroatoms. The molecule has 3 unspecified atom stereocenters. The molecule has 0 aliphatic carbocycles. The fourth-order valence-electron chi connectivity index (χ4n) is 6.25. The fraction of sp³-hybridized carbons (Fsp3) is 0.632. The number of rotatable bonds is 15. The van der Waals surface area contributed by atoms with Gasteiger partial charge in [0.25, 0.3) is 0 Å². The van der Waals surface area contributed by atoms with Crippen molar-refractivity contribution in [3.63, 3.8) is 0 Å². The second-order valence-corrected chi connectivity index (χ2v) is 13.6. The Balaban J connectivity index is 2.03. The van der Waals surface area contributed by atoms with Crippen LogP contribution in [0.3, 0.4) is 0 Å². The van der Waals surface area contributed by atoms with Crippen LogP contribution in [0.1, 0.15) is 136 Å². The number of hydrogen-bond acceptors (Lipinski definition) is 0. The van der Waals surface area contributed by atoms with Crippen LogP contribution in [-0.2, 0) is 18.3 Å². The van der Waals surface area contributed by atoms with E-state index in [1.54, 1.807) is 11.1 Å². The molecule has 0 saturated carbocycles. The first-order valence-electron chi connectivity index (χ1n) is 16.2. The second-order valence-electron chi connectivity index (χ2n) is 13.6. The van der Waals surface area contributed by atoms with Crippen molar-refractivity contribution in [1.82, 2.24) is 0 Å². The normalized spacial score (nSPS) is 14.7. The number of hydrogen-bond donors (Lipinski definition) is 0. The van der Waals surface area contributed by atoms with Gasteiger partial charge in [-0.05, 0) is 87.1 Å². The molecule has 0 fully saturated rings. The first kappa shape index (κ1) is 30.7. The van der Waals surface area contributed by atoms with E-state index in [4.69, 9.17) is 0 Å². The molecule has 0 saturated heterocycles. The van der Waals surface area contributed by atoms with E-state index in [-0.39, 0.29) is 5.41 Å². The minimum atomic E-state index is 0.161. The minimum Gasteiger partial charge on any atom is -0.0654 e. The summed E-state index contributed by atoms with van der Waals surface area (Å²) in [6.07, 6.45) is 15.8. The highest BCUT2D eigenvalue weighted by molar-refractivity contribution is 6.06. The molecule has 0 N–H and O–H groups in total. The highest BCUT2D eigenvalue weighted by Gasteiger charge is 2.20. The third-order valence-electron chi connectivity index (χ3n) is 9.45. The van der Waals surface area contributed by atoms with Gasteiger partial charge >= 0.3 is 0 Å². The zero-order chi connectivity index (χ0) is 27.7. The lowest BCUT2D eigenvalue weighted by Crippen LogP contribution is -2.11. The highest BCUT2D eigenvalue weighted by atomic mass is 14.2. The van der Waals surface area contributed by atoms with Gasteiger partial charge in [-0.25, -0.2) is 0 Å². The maximum absolute atomic E-state index is 2.56. The molecule has 0 aliphatic rings. The van der Waals surface area contributed by atoms with Crippen LogP contribution in [0.5, 0.6) is 0 Å². The van der Waals surface area contributed by atoms with Crippen molar-refractivity contribution in [1.29, 1.82) is 0 Å². The molecular formula is C38H58. The predicted molar refractivity (Wildman–Crippen MR) is 173 cm³/mol. The van der Waals surface area contributed by atoms with Crippen LogP contribution < -0.4 is 0 Å². The average Bonchev–Trinajstić information content (AvgIpc) is 2.91. The zero-order valence-electron chi connectivity index (χ0n) is 26.3. The lowest BCUT2D eigenvalue weighted by molar-refractivity contribution is 0.407. The van der Waals surface area contributed by atoms with E-state index in [1.165, 1.54) is 104 Å². The Hall–Kier alpha value is -1.82. The van der Waals surface area contributed by atoms with Gasteiger partial charge in [-0.3, -0.25) is 0 Å². The molecule has 0 bridgehead atoms. The van der Waals surface area contributed by atoms with Crippen LogP contribution >= 0.6 is 0 Å². The largest absolute Gasteiger partial charge is 0.0654 e. The molecule has 0 radical (unpaired) electrons. The van der Waals surface area contributed by atoms with Gasteiger partial charge < -0.3 is 0 Å². The van der Waals surface area contributed by atoms with Gasteiger partial charge in [-0.2, -0.15) is 0 Å². The van der Waals surface area contributed by atoms with Crippen molar-refractivity contribution in [2.75, 3.05) is 0 Å². The Morgan fingerprint density at radius 2 is 1.21 bits per heavy atom. The molecule has 3 aromatic rings. The summed E-state index contributed by atoms with van der Waals surface area (Å²) < 4.78 is 0. The van der Waals surface area contributed by atoms with Crippen LogP contribution in [0, 0.1) is 17.8 Å². The van der Waals surface area contributed by atoms with Crippen LogP contribution in [-0.4, -0.2) is 0 Å². The molecule has 3 aromatic carbocycles. The van der Waals surface area contributed by atoms with E-state index >= 15 is 0 Å². The molecule has 0 heterocycles. The Labute approximate surface area is 236 Å². The third-order valence-corrected chi connectivity index (χ3v) is 9.45. The van der Waals surface area contributed by atoms with Crippen molar-refractivity contribution < 1.29 is 0 Å². The third kappa shape index (κ3) is 8.09. The summed E-state index contributed by atoms with van der Waals surface area (Å²) in [6, 6.07) is 16.8. The Morgan fingerprint density at radius 3 is 1.82 bits per heavy atom. The standard InChI is InChI=1S/C38H58/c1-9-12-13-16-30(11-3)22-25-35-33-18-15-14-17-32(33)34(24-21-29(5)20-19-28(4)10-2)36-26-23-31(27-37(35)36)38(6,7)8/h14-15,17-18,23,26-30H,9-13,16,19-22,24-25H2,1-8H3. The van der Waals surface area contributed by atoms with Crippen molar-refractivity contribution in [3.8, 4) is 0 Å². The van der Waals surface area contributed by atoms with Gasteiger partial charge in [0.05, 0.1) is 0 Å². The van der Waals surface area contributed by atoms with E-state index in [0.29, 0.717) is 0 Å². The molecule has 0 aliphatic heterocycles. The van der Waals surface area contributed by atoms with Crippen LogP contribution in [0.2, 0.25) is 0 Å². The molecule has 38 heavy (non-hydrogen) atoms. The maximum atomic E-state index is 2.56. The van der Waals surface area contributed by atoms with E-state index in [0.717, 1.165) is 17.8 Å². The molecule has 3 atom stereocenters. The maximum Gasteiger partial charge on any atom is -0.0132 e. The van der Waals surface area contributed by atoms with Gasteiger partial charge in [0.1, 0.15) is 0 Å². The first-order valence-corrected chi connectivity index (χ1v) is 16.2. The summed E-state index contributed by atoms with van der Waals surface area (Å²) in [5, 5.41) is 6.06. The van der Waals surface area contributed by atoms with Gasteiger partial charge in [-0.15, -0.1) is 0 Å².